The lowest BCUT2D eigenvalue weighted by molar-refractivity contribution is -0.121. The topological polar surface area (TPSA) is 69.7 Å². The van der Waals surface area contributed by atoms with Crippen molar-refractivity contribution in [3.05, 3.63) is 76.5 Å². The molecular formula is C23H19N3O3S. The predicted molar refractivity (Wildman–Crippen MR) is 116 cm³/mol. The zero-order valence-corrected chi connectivity index (χ0v) is 16.9. The number of carbonyl (C=O) groups excluding carboxylic acids is 3. The first-order valence-electron chi connectivity index (χ1n) is 9.76. The number of hydrogen-bond donors (Lipinski definition) is 1. The Morgan fingerprint density at radius 1 is 0.967 bits per heavy atom. The fourth-order valence-electron chi connectivity index (χ4n) is 4.00. The van der Waals surface area contributed by atoms with Gasteiger partial charge in [-0.05, 0) is 34.7 Å². The first kappa shape index (κ1) is 18.6. The van der Waals surface area contributed by atoms with Gasteiger partial charge in [-0.15, -0.1) is 11.3 Å². The number of amides is 3. The van der Waals surface area contributed by atoms with Gasteiger partial charge in [-0.3, -0.25) is 14.4 Å². The van der Waals surface area contributed by atoms with Crippen molar-refractivity contribution in [1.29, 1.82) is 0 Å². The summed E-state index contributed by atoms with van der Waals surface area (Å²) in [5, 5.41) is 4.74. The predicted octanol–water partition coefficient (Wildman–Crippen LogP) is 3.33. The SMILES string of the molecule is O=C1Nc2ccc(-c3ccccc3)cc2C(=O)N2CCN(C(=O)c3cccs3)CC12. The molecule has 0 spiro atoms. The second-order valence-electron chi connectivity index (χ2n) is 7.36. The molecule has 2 aromatic carbocycles. The maximum absolute atomic E-state index is 13.3. The molecule has 1 aromatic heterocycles. The Bertz CT molecular complexity index is 1130. The van der Waals surface area contributed by atoms with Crippen LogP contribution in [0.2, 0.25) is 0 Å². The van der Waals surface area contributed by atoms with E-state index in [4.69, 9.17) is 0 Å². The highest BCUT2D eigenvalue weighted by atomic mass is 32.1. The molecule has 0 radical (unpaired) electrons. The average Bonchev–Trinajstić information content (AvgIpc) is 3.30. The summed E-state index contributed by atoms with van der Waals surface area (Å²) in [6, 6.07) is 18.2. The third kappa shape index (κ3) is 3.17. The van der Waals surface area contributed by atoms with Gasteiger partial charge in [-0.25, -0.2) is 0 Å². The van der Waals surface area contributed by atoms with Gasteiger partial charge in [0.05, 0.1) is 22.7 Å². The third-order valence-electron chi connectivity index (χ3n) is 5.58. The summed E-state index contributed by atoms with van der Waals surface area (Å²) >= 11 is 1.38. The number of anilines is 1. The number of hydrogen-bond acceptors (Lipinski definition) is 4. The average molecular weight is 417 g/mol. The zero-order valence-electron chi connectivity index (χ0n) is 16.1. The van der Waals surface area contributed by atoms with Gasteiger partial charge in [0, 0.05) is 13.1 Å². The fraction of sp³-hybridized carbons (Fsp3) is 0.174. The van der Waals surface area contributed by atoms with E-state index in [1.54, 1.807) is 21.9 Å². The summed E-state index contributed by atoms with van der Waals surface area (Å²) < 4.78 is 0. The molecule has 1 N–H and O–H groups in total. The molecule has 1 saturated heterocycles. The molecule has 2 aliphatic heterocycles. The molecule has 1 atom stereocenters. The summed E-state index contributed by atoms with van der Waals surface area (Å²) in [6.45, 7) is 0.914. The van der Waals surface area contributed by atoms with Crippen LogP contribution < -0.4 is 5.32 Å². The lowest BCUT2D eigenvalue weighted by atomic mass is 10.0. The number of carbonyl (C=O) groups is 3. The van der Waals surface area contributed by atoms with Gasteiger partial charge < -0.3 is 15.1 Å². The van der Waals surface area contributed by atoms with E-state index >= 15 is 0 Å². The number of nitrogens with one attached hydrogen (secondary N) is 1. The van der Waals surface area contributed by atoms with Crippen LogP contribution in [-0.2, 0) is 4.79 Å². The summed E-state index contributed by atoms with van der Waals surface area (Å²) in [5.41, 5.74) is 2.91. The minimum atomic E-state index is -0.706. The molecule has 7 heteroatoms. The Morgan fingerprint density at radius 2 is 1.80 bits per heavy atom. The van der Waals surface area contributed by atoms with Crippen molar-refractivity contribution in [2.75, 3.05) is 25.0 Å². The maximum Gasteiger partial charge on any atom is 0.264 e. The molecule has 2 aliphatic rings. The highest BCUT2D eigenvalue weighted by Gasteiger charge is 2.40. The van der Waals surface area contributed by atoms with Crippen LogP contribution in [0.15, 0.2) is 66.0 Å². The molecule has 1 fully saturated rings. The van der Waals surface area contributed by atoms with Crippen molar-refractivity contribution >= 4 is 34.7 Å². The van der Waals surface area contributed by atoms with E-state index in [1.807, 2.05) is 53.9 Å². The van der Waals surface area contributed by atoms with Crippen molar-refractivity contribution in [3.8, 4) is 11.1 Å². The first-order valence-corrected chi connectivity index (χ1v) is 10.6. The van der Waals surface area contributed by atoms with Gasteiger partial charge in [0.2, 0.25) is 5.91 Å². The van der Waals surface area contributed by atoms with Crippen LogP contribution in [-0.4, -0.2) is 53.2 Å². The smallest absolute Gasteiger partial charge is 0.264 e. The Hall–Kier alpha value is -3.45. The normalized spacial score (nSPS) is 18.3. The summed E-state index contributed by atoms with van der Waals surface area (Å²) in [6.07, 6.45) is 0. The van der Waals surface area contributed by atoms with Crippen molar-refractivity contribution in [2.45, 2.75) is 6.04 Å². The molecule has 150 valence electrons. The maximum atomic E-state index is 13.3. The number of piperazine rings is 1. The molecule has 0 bridgehead atoms. The molecule has 30 heavy (non-hydrogen) atoms. The molecular weight excluding hydrogens is 398 g/mol. The minimum absolute atomic E-state index is 0.0991. The van der Waals surface area contributed by atoms with Crippen molar-refractivity contribution in [1.82, 2.24) is 9.80 Å². The lowest BCUT2D eigenvalue weighted by Gasteiger charge is -2.39. The van der Waals surface area contributed by atoms with Gasteiger partial charge in [0.15, 0.2) is 0 Å². The van der Waals surface area contributed by atoms with Gasteiger partial charge in [0.25, 0.3) is 11.8 Å². The Kier molecular flexibility index (Phi) is 4.59. The van der Waals surface area contributed by atoms with Gasteiger partial charge >= 0.3 is 0 Å². The number of nitrogens with zero attached hydrogens (tertiary/aromatic N) is 2. The highest BCUT2D eigenvalue weighted by Crippen LogP contribution is 2.30. The van der Waals surface area contributed by atoms with Crippen LogP contribution in [0.3, 0.4) is 0 Å². The Balaban J connectivity index is 1.45. The molecule has 3 heterocycles. The van der Waals surface area contributed by atoms with Crippen molar-refractivity contribution in [2.24, 2.45) is 0 Å². The van der Waals surface area contributed by atoms with E-state index in [9.17, 15) is 14.4 Å². The summed E-state index contributed by atoms with van der Waals surface area (Å²) in [4.78, 5) is 42.9. The van der Waals surface area contributed by atoms with Crippen LogP contribution in [0.4, 0.5) is 5.69 Å². The second-order valence-corrected chi connectivity index (χ2v) is 8.31. The molecule has 0 aliphatic carbocycles. The van der Waals surface area contributed by atoms with Crippen molar-refractivity contribution in [3.63, 3.8) is 0 Å². The quantitative estimate of drug-likeness (QED) is 0.695. The van der Waals surface area contributed by atoms with Gasteiger partial charge in [-0.2, -0.15) is 0 Å². The largest absolute Gasteiger partial charge is 0.334 e. The fourth-order valence-corrected chi connectivity index (χ4v) is 4.69. The van der Waals surface area contributed by atoms with Crippen LogP contribution in [0, 0.1) is 0 Å². The van der Waals surface area contributed by atoms with E-state index in [1.165, 1.54) is 11.3 Å². The van der Waals surface area contributed by atoms with Crippen LogP contribution in [0.5, 0.6) is 0 Å². The Morgan fingerprint density at radius 3 is 2.57 bits per heavy atom. The lowest BCUT2D eigenvalue weighted by Crippen LogP contribution is -2.59. The number of rotatable bonds is 2. The van der Waals surface area contributed by atoms with Crippen molar-refractivity contribution < 1.29 is 14.4 Å². The van der Waals surface area contributed by atoms with Crippen LogP contribution >= 0.6 is 11.3 Å². The number of fused-ring (bicyclic) bond motifs is 2. The first-order chi connectivity index (χ1) is 14.6. The second kappa shape index (κ2) is 7.42. The molecule has 0 saturated carbocycles. The standard InChI is InChI=1S/C23H19N3O3S/c27-21-19-14-25(23(29)20-7-4-12-30-20)10-11-26(19)22(28)17-13-16(8-9-18(17)24-21)15-5-2-1-3-6-15/h1-9,12-13,19H,10-11,14H2,(H,24,27). The van der Waals surface area contributed by atoms with E-state index in [0.29, 0.717) is 29.2 Å². The third-order valence-corrected chi connectivity index (χ3v) is 6.44. The zero-order chi connectivity index (χ0) is 20.7. The van der Waals surface area contributed by atoms with Crippen LogP contribution in [0.25, 0.3) is 11.1 Å². The number of benzene rings is 2. The minimum Gasteiger partial charge on any atom is -0.334 e. The summed E-state index contributed by atoms with van der Waals surface area (Å²) in [5.74, 6) is -0.550. The molecule has 3 aromatic rings. The van der Waals surface area contributed by atoms with Gasteiger partial charge in [0.1, 0.15) is 6.04 Å². The van der Waals surface area contributed by atoms with E-state index in [2.05, 4.69) is 5.32 Å². The molecule has 3 amide bonds. The van der Waals surface area contributed by atoms with Crippen LogP contribution in [0.1, 0.15) is 20.0 Å². The van der Waals surface area contributed by atoms with E-state index in [0.717, 1.165) is 11.1 Å². The number of thiophene rings is 1. The molecule has 5 rings (SSSR count). The molecule has 6 nitrogen and oxygen atoms in total. The highest BCUT2D eigenvalue weighted by molar-refractivity contribution is 7.12. The molecule has 1 unspecified atom stereocenters. The summed E-state index contributed by atoms with van der Waals surface area (Å²) in [7, 11) is 0. The monoisotopic (exact) mass is 417 g/mol. The van der Waals surface area contributed by atoms with Gasteiger partial charge in [-0.1, -0.05) is 42.5 Å². The van der Waals surface area contributed by atoms with E-state index < -0.39 is 6.04 Å². The van der Waals surface area contributed by atoms with E-state index in [-0.39, 0.29) is 24.3 Å². The Labute approximate surface area is 177 Å².